The van der Waals surface area contributed by atoms with Gasteiger partial charge >= 0.3 is 5.97 Å². The summed E-state index contributed by atoms with van der Waals surface area (Å²) < 4.78 is 0. The molecular weight excluding hydrogens is 284 g/mol. The van der Waals surface area contributed by atoms with Crippen molar-refractivity contribution in [3.63, 3.8) is 0 Å². The van der Waals surface area contributed by atoms with Gasteiger partial charge in [0.2, 0.25) is 0 Å². The van der Waals surface area contributed by atoms with Crippen molar-refractivity contribution in [1.82, 2.24) is 0 Å². The van der Waals surface area contributed by atoms with Crippen LogP contribution in [-0.4, -0.2) is 11.1 Å². The molecule has 2 nitrogen and oxygen atoms in total. The largest absolute Gasteiger partial charge is 0.481 e. The molecule has 3 rings (SSSR count). The molecule has 0 amide bonds. The van der Waals surface area contributed by atoms with Crippen LogP contribution in [0.5, 0.6) is 0 Å². The van der Waals surface area contributed by atoms with Crippen LogP contribution >= 0.6 is 11.6 Å². The Bertz CT molecular complexity index is 639. The quantitative estimate of drug-likeness (QED) is 0.889. The van der Waals surface area contributed by atoms with Crippen molar-refractivity contribution in [1.29, 1.82) is 0 Å². The maximum Gasteiger partial charge on any atom is 0.307 e. The molecule has 3 atom stereocenters. The van der Waals surface area contributed by atoms with Crippen molar-refractivity contribution in [2.24, 2.45) is 11.8 Å². The fourth-order valence-corrected chi connectivity index (χ4v) is 3.30. The molecule has 3 heteroatoms. The second-order valence-electron chi connectivity index (χ2n) is 5.70. The van der Waals surface area contributed by atoms with E-state index in [4.69, 9.17) is 11.6 Å². The molecule has 3 unspecified atom stereocenters. The molecule has 1 saturated carbocycles. The molecule has 0 bridgehead atoms. The Labute approximate surface area is 129 Å². The summed E-state index contributed by atoms with van der Waals surface area (Å²) in [6, 6.07) is 17.7. The van der Waals surface area contributed by atoms with Gasteiger partial charge in [0.1, 0.15) is 0 Å². The number of hydrogen-bond acceptors (Lipinski definition) is 1. The molecule has 1 aliphatic rings. The molecule has 0 heterocycles. The summed E-state index contributed by atoms with van der Waals surface area (Å²) >= 11 is 5.98. The van der Waals surface area contributed by atoms with Gasteiger partial charge in [-0.1, -0.05) is 54.1 Å². The highest BCUT2D eigenvalue weighted by atomic mass is 35.5. The lowest BCUT2D eigenvalue weighted by atomic mass is 9.92. The second kappa shape index (κ2) is 5.90. The minimum Gasteiger partial charge on any atom is -0.481 e. The third-order valence-corrected chi connectivity index (χ3v) is 4.48. The molecule has 21 heavy (non-hydrogen) atoms. The Balaban J connectivity index is 1.74. The second-order valence-corrected chi connectivity index (χ2v) is 6.13. The zero-order valence-corrected chi connectivity index (χ0v) is 12.3. The van der Waals surface area contributed by atoms with Crippen LogP contribution in [0.4, 0.5) is 0 Å². The fraction of sp³-hybridized carbons (Fsp3) is 0.278. The number of carbonyl (C=O) groups is 1. The molecule has 2 aromatic rings. The van der Waals surface area contributed by atoms with Crippen LogP contribution in [0.25, 0.3) is 0 Å². The van der Waals surface area contributed by atoms with Gasteiger partial charge in [-0.25, -0.2) is 0 Å². The van der Waals surface area contributed by atoms with Gasteiger partial charge in [0, 0.05) is 5.02 Å². The average molecular weight is 301 g/mol. The normalized spacial score (nSPS) is 21.8. The SMILES string of the molecule is O=C(O)C(Cc1cccc(Cl)c1)C1CC1c1ccccc1. The summed E-state index contributed by atoms with van der Waals surface area (Å²) in [6.45, 7) is 0. The summed E-state index contributed by atoms with van der Waals surface area (Å²) in [6.07, 6.45) is 1.51. The number of rotatable bonds is 5. The summed E-state index contributed by atoms with van der Waals surface area (Å²) in [5.41, 5.74) is 2.24. The zero-order valence-electron chi connectivity index (χ0n) is 11.6. The number of hydrogen-bond donors (Lipinski definition) is 1. The molecule has 0 saturated heterocycles. The van der Waals surface area contributed by atoms with E-state index in [1.807, 2.05) is 42.5 Å². The van der Waals surface area contributed by atoms with E-state index in [-0.39, 0.29) is 11.8 Å². The highest BCUT2D eigenvalue weighted by Crippen LogP contribution is 2.52. The van der Waals surface area contributed by atoms with Crippen molar-refractivity contribution in [3.05, 3.63) is 70.7 Å². The molecule has 1 N–H and O–H groups in total. The van der Waals surface area contributed by atoms with Gasteiger partial charge in [-0.05, 0) is 47.9 Å². The van der Waals surface area contributed by atoms with Crippen LogP contribution < -0.4 is 0 Å². The Hall–Kier alpha value is -1.80. The first-order chi connectivity index (χ1) is 10.1. The van der Waals surface area contributed by atoms with Crippen molar-refractivity contribution in [2.75, 3.05) is 0 Å². The van der Waals surface area contributed by atoms with E-state index in [0.29, 0.717) is 17.4 Å². The molecule has 108 valence electrons. The lowest BCUT2D eigenvalue weighted by molar-refractivity contribution is -0.142. The van der Waals surface area contributed by atoms with E-state index in [2.05, 4.69) is 12.1 Å². The summed E-state index contributed by atoms with van der Waals surface area (Å²) in [5.74, 6) is -0.442. The summed E-state index contributed by atoms with van der Waals surface area (Å²) in [7, 11) is 0. The first-order valence-electron chi connectivity index (χ1n) is 7.17. The van der Waals surface area contributed by atoms with E-state index >= 15 is 0 Å². The van der Waals surface area contributed by atoms with Gasteiger partial charge in [-0.2, -0.15) is 0 Å². The monoisotopic (exact) mass is 300 g/mol. The number of halogens is 1. The lowest BCUT2D eigenvalue weighted by Gasteiger charge is -2.12. The number of carboxylic acid groups (broad SMARTS) is 1. The lowest BCUT2D eigenvalue weighted by Crippen LogP contribution is -2.19. The zero-order chi connectivity index (χ0) is 14.8. The third kappa shape index (κ3) is 3.27. The van der Waals surface area contributed by atoms with Gasteiger partial charge in [-0.3, -0.25) is 4.79 Å². The highest BCUT2D eigenvalue weighted by Gasteiger charge is 2.46. The topological polar surface area (TPSA) is 37.3 Å². The highest BCUT2D eigenvalue weighted by molar-refractivity contribution is 6.30. The molecule has 0 radical (unpaired) electrons. The van der Waals surface area contributed by atoms with Gasteiger partial charge in [0.05, 0.1) is 5.92 Å². The van der Waals surface area contributed by atoms with Crippen molar-refractivity contribution in [2.45, 2.75) is 18.8 Å². The van der Waals surface area contributed by atoms with Crippen molar-refractivity contribution >= 4 is 17.6 Å². The van der Waals surface area contributed by atoms with E-state index in [1.165, 1.54) is 5.56 Å². The minimum atomic E-state index is -0.710. The molecule has 0 aliphatic heterocycles. The van der Waals surface area contributed by atoms with E-state index < -0.39 is 5.97 Å². The predicted molar refractivity (Wildman–Crippen MR) is 83.6 cm³/mol. The predicted octanol–water partition coefficient (Wildman–Crippen LogP) is 4.39. The van der Waals surface area contributed by atoms with Crippen LogP contribution in [0.1, 0.15) is 23.5 Å². The van der Waals surface area contributed by atoms with Crippen LogP contribution in [-0.2, 0) is 11.2 Å². The molecule has 1 aliphatic carbocycles. The first-order valence-corrected chi connectivity index (χ1v) is 7.55. The number of benzene rings is 2. The van der Waals surface area contributed by atoms with Gasteiger partial charge in [0.15, 0.2) is 0 Å². The maximum absolute atomic E-state index is 11.6. The van der Waals surface area contributed by atoms with Crippen LogP contribution in [0.3, 0.4) is 0 Å². The summed E-state index contributed by atoms with van der Waals surface area (Å²) in [5, 5.41) is 10.2. The van der Waals surface area contributed by atoms with Gasteiger partial charge < -0.3 is 5.11 Å². The van der Waals surface area contributed by atoms with Gasteiger partial charge in [-0.15, -0.1) is 0 Å². The number of carboxylic acids is 1. The molecule has 1 fully saturated rings. The Kier molecular flexibility index (Phi) is 3.98. The third-order valence-electron chi connectivity index (χ3n) is 4.25. The number of aliphatic carboxylic acids is 1. The molecule has 2 aromatic carbocycles. The Morgan fingerprint density at radius 3 is 2.62 bits per heavy atom. The maximum atomic E-state index is 11.6. The van der Waals surface area contributed by atoms with Crippen LogP contribution in [0.2, 0.25) is 5.02 Å². The van der Waals surface area contributed by atoms with Crippen LogP contribution in [0, 0.1) is 11.8 Å². The van der Waals surface area contributed by atoms with E-state index in [0.717, 1.165) is 12.0 Å². The molecule has 0 aromatic heterocycles. The smallest absolute Gasteiger partial charge is 0.307 e. The van der Waals surface area contributed by atoms with Gasteiger partial charge in [0.25, 0.3) is 0 Å². The fourth-order valence-electron chi connectivity index (χ4n) is 3.08. The average Bonchev–Trinajstić information content (AvgIpc) is 3.26. The Morgan fingerprint density at radius 1 is 1.19 bits per heavy atom. The Morgan fingerprint density at radius 2 is 1.95 bits per heavy atom. The summed E-state index contributed by atoms with van der Waals surface area (Å²) in [4.78, 5) is 11.6. The van der Waals surface area contributed by atoms with Crippen molar-refractivity contribution < 1.29 is 9.90 Å². The molecule has 0 spiro atoms. The van der Waals surface area contributed by atoms with E-state index in [9.17, 15) is 9.90 Å². The van der Waals surface area contributed by atoms with E-state index in [1.54, 1.807) is 0 Å². The molecular formula is C18H17ClO2. The van der Waals surface area contributed by atoms with Crippen LogP contribution in [0.15, 0.2) is 54.6 Å². The standard InChI is InChI=1S/C18H17ClO2/c19-14-8-4-5-12(9-14)10-17(18(20)21)16-11-15(16)13-6-2-1-3-7-13/h1-9,15-17H,10-11H2,(H,20,21). The minimum absolute atomic E-state index is 0.226. The van der Waals surface area contributed by atoms with Crippen molar-refractivity contribution in [3.8, 4) is 0 Å². The first kappa shape index (κ1) is 14.2.